The summed E-state index contributed by atoms with van der Waals surface area (Å²) in [6.07, 6.45) is 8.89. The van der Waals surface area contributed by atoms with Crippen molar-refractivity contribution in [2.45, 2.75) is 50.6 Å². The summed E-state index contributed by atoms with van der Waals surface area (Å²) in [5.41, 5.74) is 3.95. The minimum absolute atomic E-state index is 0.132. The first-order valence-electron chi connectivity index (χ1n) is 7.26. The highest BCUT2D eigenvalue weighted by Crippen LogP contribution is 2.44. The van der Waals surface area contributed by atoms with Crippen LogP contribution in [0.4, 0.5) is 0 Å². The zero-order valence-electron chi connectivity index (χ0n) is 11.0. The lowest BCUT2D eigenvalue weighted by atomic mass is 9.95. The standard InChI is InChI=1S/C16H18N2O/c19-16(15-3-1-2-8-17-15)18-13-6-7-14(18)10-12(9-13)11-4-5-11/h1-3,8,13-14H,4-7,9-10H2. The molecule has 2 unspecified atom stereocenters. The Bertz CT molecular complexity index is 527. The fraction of sp³-hybridized carbons (Fsp3) is 0.500. The summed E-state index contributed by atoms with van der Waals surface area (Å²) in [7, 11) is 0. The van der Waals surface area contributed by atoms with E-state index in [-0.39, 0.29) is 5.91 Å². The quantitative estimate of drug-likeness (QED) is 0.722. The van der Waals surface area contributed by atoms with Crippen LogP contribution in [0.15, 0.2) is 35.5 Å². The maximum atomic E-state index is 12.6. The van der Waals surface area contributed by atoms with Gasteiger partial charge in [0.1, 0.15) is 5.69 Å². The molecule has 2 aliphatic heterocycles. The van der Waals surface area contributed by atoms with Crippen molar-refractivity contribution in [3.8, 4) is 0 Å². The van der Waals surface area contributed by atoms with Gasteiger partial charge in [0.05, 0.1) is 0 Å². The van der Waals surface area contributed by atoms with E-state index < -0.39 is 0 Å². The summed E-state index contributed by atoms with van der Waals surface area (Å²) in [4.78, 5) is 18.9. The summed E-state index contributed by atoms with van der Waals surface area (Å²) in [6.45, 7) is 0. The maximum absolute atomic E-state index is 12.6. The summed E-state index contributed by atoms with van der Waals surface area (Å²) in [6, 6.07) is 6.44. The average molecular weight is 254 g/mol. The van der Waals surface area contributed by atoms with Crippen molar-refractivity contribution in [1.29, 1.82) is 0 Å². The summed E-state index contributed by atoms with van der Waals surface area (Å²) < 4.78 is 0. The van der Waals surface area contributed by atoms with E-state index in [0.717, 1.165) is 12.8 Å². The van der Waals surface area contributed by atoms with Gasteiger partial charge in [-0.1, -0.05) is 17.2 Å². The van der Waals surface area contributed by atoms with Gasteiger partial charge in [-0.25, -0.2) is 0 Å². The van der Waals surface area contributed by atoms with Gasteiger partial charge in [-0.05, 0) is 50.7 Å². The number of fused-ring (bicyclic) bond motifs is 2. The predicted octanol–water partition coefficient (Wildman–Crippen LogP) is 2.94. The van der Waals surface area contributed by atoms with E-state index >= 15 is 0 Å². The minimum Gasteiger partial charge on any atom is -0.331 e. The third-order valence-electron chi connectivity index (χ3n) is 4.70. The molecule has 1 aliphatic carbocycles. The Morgan fingerprint density at radius 3 is 2.42 bits per heavy atom. The van der Waals surface area contributed by atoms with Crippen LogP contribution in [0.2, 0.25) is 0 Å². The first-order valence-corrected chi connectivity index (χ1v) is 7.26. The number of amides is 1. The molecule has 1 amide bonds. The van der Waals surface area contributed by atoms with Crippen LogP contribution in [0, 0.1) is 0 Å². The Kier molecular flexibility index (Phi) is 2.47. The third-order valence-corrected chi connectivity index (χ3v) is 4.70. The molecular weight excluding hydrogens is 236 g/mol. The van der Waals surface area contributed by atoms with Crippen molar-refractivity contribution < 1.29 is 4.79 Å². The molecule has 1 saturated carbocycles. The lowest BCUT2D eigenvalue weighted by Gasteiger charge is -2.36. The number of aromatic nitrogens is 1. The number of allylic oxidation sites excluding steroid dienone is 1. The average Bonchev–Trinajstić information content (AvgIpc) is 3.25. The van der Waals surface area contributed by atoms with Gasteiger partial charge in [0, 0.05) is 18.3 Å². The molecule has 0 N–H and O–H groups in total. The second kappa shape index (κ2) is 4.19. The van der Waals surface area contributed by atoms with Crippen molar-refractivity contribution in [3.63, 3.8) is 0 Å². The van der Waals surface area contributed by atoms with E-state index in [2.05, 4.69) is 9.88 Å². The molecule has 3 heterocycles. The first-order chi connectivity index (χ1) is 9.33. The van der Waals surface area contributed by atoms with Crippen molar-refractivity contribution in [3.05, 3.63) is 41.2 Å². The number of hydrogen-bond acceptors (Lipinski definition) is 2. The second-order valence-electron chi connectivity index (χ2n) is 5.93. The van der Waals surface area contributed by atoms with Gasteiger partial charge < -0.3 is 4.90 Å². The van der Waals surface area contributed by atoms with Crippen LogP contribution in [0.25, 0.3) is 0 Å². The van der Waals surface area contributed by atoms with E-state index in [1.165, 1.54) is 25.7 Å². The van der Waals surface area contributed by atoms with E-state index in [1.54, 1.807) is 17.3 Å². The minimum atomic E-state index is 0.132. The fourth-order valence-corrected chi connectivity index (χ4v) is 3.67. The largest absolute Gasteiger partial charge is 0.331 e. The summed E-state index contributed by atoms with van der Waals surface area (Å²) in [5, 5.41) is 0. The number of hydrogen-bond donors (Lipinski definition) is 0. The Hall–Kier alpha value is -1.64. The fourth-order valence-electron chi connectivity index (χ4n) is 3.67. The van der Waals surface area contributed by atoms with Crippen LogP contribution in [0.3, 0.4) is 0 Å². The van der Waals surface area contributed by atoms with E-state index in [1.807, 2.05) is 18.2 Å². The van der Waals surface area contributed by atoms with Crippen molar-refractivity contribution in [2.75, 3.05) is 0 Å². The normalized spacial score (nSPS) is 28.7. The van der Waals surface area contributed by atoms with Gasteiger partial charge in [0.25, 0.3) is 5.91 Å². The lowest BCUT2D eigenvalue weighted by Crippen LogP contribution is -2.45. The Morgan fingerprint density at radius 2 is 1.84 bits per heavy atom. The van der Waals surface area contributed by atoms with Crippen LogP contribution < -0.4 is 0 Å². The molecule has 0 aromatic carbocycles. The highest BCUT2D eigenvalue weighted by atomic mass is 16.2. The Morgan fingerprint density at radius 1 is 1.11 bits per heavy atom. The number of carbonyl (C=O) groups excluding carboxylic acids is 1. The third kappa shape index (κ3) is 1.88. The van der Waals surface area contributed by atoms with Gasteiger partial charge in [-0.2, -0.15) is 0 Å². The molecule has 3 heteroatoms. The zero-order valence-corrected chi connectivity index (χ0v) is 11.0. The van der Waals surface area contributed by atoms with Crippen LogP contribution in [-0.2, 0) is 0 Å². The SMILES string of the molecule is O=C(c1ccccn1)N1C2CCC1CC(=C1CC1)C2. The van der Waals surface area contributed by atoms with Crippen LogP contribution in [-0.4, -0.2) is 27.9 Å². The molecule has 1 aromatic rings. The molecule has 2 atom stereocenters. The molecule has 2 saturated heterocycles. The monoisotopic (exact) mass is 254 g/mol. The molecule has 0 spiro atoms. The van der Waals surface area contributed by atoms with Crippen LogP contribution >= 0.6 is 0 Å². The van der Waals surface area contributed by atoms with Crippen molar-refractivity contribution >= 4 is 5.91 Å². The van der Waals surface area contributed by atoms with Gasteiger partial charge in [0.15, 0.2) is 0 Å². The molecule has 3 aliphatic rings. The molecule has 4 rings (SSSR count). The lowest BCUT2D eigenvalue weighted by molar-refractivity contribution is 0.0628. The molecule has 3 nitrogen and oxygen atoms in total. The number of pyridine rings is 1. The zero-order chi connectivity index (χ0) is 12.8. The molecule has 3 fully saturated rings. The van der Waals surface area contributed by atoms with Crippen LogP contribution in [0.1, 0.15) is 49.0 Å². The molecule has 2 bridgehead atoms. The smallest absolute Gasteiger partial charge is 0.272 e. The van der Waals surface area contributed by atoms with Crippen LogP contribution in [0.5, 0.6) is 0 Å². The number of rotatable bonds is 1. The van der Waals surface area contributed by atoms with Crippen molar-refractivity contribution in [2.24, 2.45) is 0 Å². The molecule has 1 aromatic heterocycles. The second-order valence-corrected chi connectivity index (χ2v) is 5.93. The highest BCUT2D eigenvalue weighted by molar-refractivity contribution is 5.93. The number of piperidine rings is 1. The van der Waals surface area contributed by atoms with Crippen molar-refractivity contribution in [1.82, 2.24) is 9.88 Å². The maximum Gasteiger partial charge on any atom is 0.272 e. The topological polar surface area (TPSA) is 33.2 Å². The molecule has 19 heavy (non-hydrogen) atoms. The Balaban J connectivity index is 1.60. The van der Waals surface area contributed by atoms with E-state index in [0.29, 0.717) is 17.8 Å². The van der Waals surface area contributed by atoms with E-state index in [9.17, 15) is 4.79 Å². The van der Waals surface area contributed by atoms with E-state index in [4.69, 9.17) is 0 Å². The molecule has 98 valence electrons. The predicted molar refractivity (Wildman–Crippen MR) is 72.7 cm³/mol. The van der Waals surface area contributed by atoms with Gasteiger partial charge in [-0.3, -0.25) is 9.78 Å². The number of carbonyl (C=O) groups is 1. The Labute approximate surface area is 113 Å². The summed E-state index contributed by atoms with van der Waals surface area (Å²) >= 11 is 0. The van der Waals surface area contributed by atoms with Gasteiger partial charge in [-0.15, -0.1) is 0 Å². The molecular formula is C16H18N2O. The van der Waals surface area contributed by atoms with Gasteiger partial charge in [0.2, 0.25) is 0 Å². The first kappa shape index (κ1) is 11.2. The highest BCUT2D eigenvalue weighted by Gasteiger charge is 2.43. The van der Waals surface area contributed by atoms with Gasteiger partial charge >= 0.3 is 0 Å². The molecule has 0 radical (unpaired) electrons. The number of nitrogens with zero attached hydrogens (tertiary/aromatic N) is 2. The summed E-state index contributed by atoms with van der Waals surface area (Å²) in [5.74, 6) is 0.132.